The summed E-state index contributed by atoms with van der Waals surface area (Å²) in [5, 5.41) is 2.84. The largest absolute Gasteiger partial charge is 0.493 e. The standard InChI is InChI=1S/C23H20ClN3O4S/c1-26-22(29)14-3-5-17(16(24)10-14)27(2)23(30)19-11-12-7-8-31-18-6-4-13(21(25)28)9-15(18)20(12)32-19/h3-6,9-11H,7-8H2,1-2H3,(H2,25,28)(H,26,29). The Hall–Kier alpha value is -3.36. The molecule has 3 amide bonds. The number of amides is 3. The molecule has 9 heteroatoms. The molecule has 0 saturated carbocycles. The van der Waals surface area contributed by atoms with Gasteiger partial charge in [-0.25, -0.2) is 0 Å². The summed E-state index contributed by atoms with van der Waals surface area (Å²) < 4.78 is 5.81. The van der Waals surface area contributed by atoms with Crippen LogP contribution in [-0.2, 0) is 6.42 Å². The molecule has 1 aliphatic rings. The Morgan fingerprint density at radius 1 is 1.12 bits per heavy atom. The minimum absolute atomic E-state index is 0.230. The molecule has 0 saturated heterocycles. The summed E-state index contributed by atoms with van der Waals surface area (Å²) >= 11 is 7.69. The molecule has 7 nitrogen and oxygen atoms in total. The molecule has 1 aliphatic heterocycles. The number of halogens is 1. The van der Waals surface area contributed by atoms with Crippen molar-refractivity contribution >= 4 is 46.3 Å². The second kappa shape index (κ2) is 8.64. The average Bonchev–Trinajstić information content (AvgIpc) is 3.13. The van der Waals surface area contributed by atoms with E-state index in [1.165, 1.54) is 29.4 Å². The number of nitrogens with one attached hydrogen (secondary N) is 1. The van der Waals surface area contributed by atoms with Crippen molar-refractivity contribution in [3.05, 3.63) is 69.1 Å². The van der Waals surface area contributed by atoms with Gasteiger partial charge in [0.25, 0.3) is 11.8 Å². The van der Waals surface area contributed by atoms with E-state index in [2.05, 4.69) is 5.32 Å². The van der Waals surface area contributed by atoms with Gasteiger partial charge in [0.05, 0.1) is 22.2 Å². The Labute approximate surface area is 193 Å². The van der Waals surface area contributed by atoms with Crippen LogP contribution >= 0.6 is 22.9 Å². The lowest BCUT2D eigenvalue weighted by Crippen LogP contribution is -2.26. The fourth-order valence-electron chi connectivity index (χ4n) is 3.54. The third-order valence-electron chi connectivity index (χ3n) is 5.26. The van der Waals surface area contributed by atoms with E-state index in [0.29, 0.717) is 45.5 Å². The van der Waals surface area contributed by atoms with Crippen molar-refractivity contribution in [1.82, 2.24) is 5.32 Å². The molecule has 2 heterocycles. The third kappa shape index (κ3) is 3.94. The molecule has 3 aromatic rings. The zero-order valence-corrected chi connectivity index (χ0v) is 19.0. The fraction of sp³-hybridized carbons (Fsp3) is 0.174. The zero-order chi connectivity index (χ0) is 23.0. The van der Waals surface area contributed by atoms with Crippen molar-refractivity contribution in [3.63, 3.8) is 0 Å². The number of fused-ring (bicyclic) bond motifs is 3. The molecule has 1 aromatic heterocycles. The van der Waals surface area contributed by atoms with Crippen molar-refractivity contribution in [2.75, 3.05) is 25.6 Å². The van der Waals surface area contributed by atoms with Crippen LogP contribution in [0.2, 0.25) is 5.02 Å². The lowest BCUT2D eigenvalue weighted by atomic mass is 10.0. The van der Waals surface area contributed by atoms with Gasteiger partial charge >= 0.3 is 0 Å². The van der Waals surface area contributed by atoms with Crippen LogP contribution in [0.25, 0.3) is 10.4 Å². The predicted molar refractivity (Wildman–Crippen MR) is 125 cm³/mol. The molecule has 4 rings (SSSR count). The lowest BCUT2D eigenvalue weighted by molar-refractivity contribution is 0.0960. The van der Waals surface area contributed by atoms with E-state index in [-0.39, 0.29) is 11.8 Å². The number of nitrogens with zero attached hydrogens (tertiary/aromatic N) is 1. The SMILES string of the molecule is CNC(=O)c1ccc(N(C)C(=O)c2cc3c(s2)-c2cc(C(N)=O)ccc2OCC3)c(Cl)c1. The highest BCUT2D eigenvalue weighted by atomic mass is 35.5. The van der Waals surface area contributed by atoms with Crippen LogP contribution in [0, 0.1) is 0 Å². The highest BCUT2D eigenvalue weighted by Crippen LogP contribution is 2.42. The normalized spacial score (nSPS) is 12.1. The van der Waals surface area contributed by atoms with Crippen LogP contribution in [0.15, 0.2) is 42.5 Å². The number of ether oxygens (including phenoxy) is 1. The van der Waals surface area contributed by atoms with Gasteiger partial charge in [0, 0.05) is 42.1 Å². The van der Waals surface area contributed by atoms with Crippen molar-refractivity contribution in [3.8, 4) is 16.2 Å². The number of primary amides is 1. The van der Waals surface area contributed by atoms with Gasteiger partial charge in [0.2, 0.25) is 5.91 Å². The Kier molecular flexibility index (Phi) is 5.90. The Morgan fingerprint density at radius 2 is 1.88 bits per heavy atom. The number of anilines is 1. The first-order chi connectivity index (χ1) is 15.3. The molecular weight excluding hydrogens is 450 g/mol. The van der Waals surface area contributed by atoms with Crippen LogP contribution in [0.5, 0.6) is 5.75 Å². The summed E-state index contributed by atoms with van der Waals surface area (Å²) in [7, 11) is 3.17. The van der Waals surface area contributed by atoms with Crippen LogP contribution < -0.4 is 20.7 Å². The van der Waals surface area contributed by atoms with Crippen LogP contribution in [-0.4, -0.2) is 38.4 Å². The number of nitrogens with two attached hydrogens (primary N) is 1. The highest BCUT2D eigenvalue weighted by molar-refractivity contribution is 7.17. The molecule has 164 valence electrons. The maximum Gasteiger partial charge on any atom is 0.268 e. The Balaban J connectivity index is 1.69. The van der Waals surface area contributed by atoms with E-state index >= 15 is 0 Å². The highest BCUT2D eigenvalue weighted by Gasteiger charge is 2.25. The first-order valence-corrected chi connectivity index (χ1v) is 11.0. The number of benzene rings is 2. The number of rotatable bonds is 4. The topological polar surface area (TPSA) is 102 Å². The molecule has 0 aliphatic carbocycles. The molecule has 0 bridgehead atoms. The minimum atomic E-state index is -0.527. The summed E-state index contributed by atoms with van der Waals surface area (Å²) in [6, 6.07) is 11.7. The molecule has 0 atom stereocenters. The van der Waals surface area contributed by atoms with Gasteiger partial charge in [-0.15, -0.1) is 11.3 Å². The van der Waals surface area contributed by atoms with Gasteiger partial charge in [-0.2, -0.15) is 0 Å². The maximum atomic E-state index is 13.3. The van der Waals surface area contributed by atoms with E-state index in [4.69, 9.17) is 22.1 Å². The van der Waals surface area contributed by atoms with Gasteiger partial charge < -0.3 is 20.7 Å². The van der Waals surface area contributed by atoms with E-state index in [9.17, 15) is 14.4 Å². The summed E-state index contributed by atoms with van der Waals surface area (Å²) in [6.07, 6.45) is 0.630. The van der Waals surface area contributed by atoms with E-state index < -0.39 is 5.91 Å². The van der Waals surface area contributed by atoms with Crippen molar-refractivity contribution in [1.29, 1.82) is 0 Å². The Bertz CT molecular complexity index is 1250. The van der Waals surface area contributed by atoms with E-state index in [1.54, 1.807) is 37.4 Å². The molecular formula is C23H20ClN3O4S. The predicted octanol–water partition coefficient (Wildman–Crippen LogP) is 3.74. The first-order valence-electron chi connectivity index (χ1n) is 9.79. The minimum Gasteiger partial charge on any atom is -0.493 e. The molecule has 32 heavy (non-hydrogen) atoms. The quantitative estimate of drug-likeness (QED) is 0.607. The Morgan fingerprint density at radius 3 is 2.56 bits per heavy atom. The molecule has 2 aromatic carbocycles. The van der Waals surface area contributed by atoms with Crippen molar-refractivity contribution in [2.45, 2.75) is 6.42 Å². The summed E-state index contributed by atoms with van der Waals surface area (Å²) in [5.41, 5.74) is 8.43. The zero-order valence-electron chi connectivity index (χ0n) is 17.4. The number of hydrogen-bond acceptors (Lipinski definition) is 5. The van der Waals surface area contributed by atoms with Gasteiger partial charge in [0.15, 0.2) is 0 Å². The van der Waals surface area contributed by atoms with Crippen LogP contribution in [0.1, 0.15) is 36.0 Å². The summed E-state index contributed by atoms with van der Waals surface area (Å²) in [4.78, 5) is 39.6. The smallest absolute Gasteiger partial charge is 0.268 e. The number of carbonyl (C=O) groups is 3. The maximum absolute atomic E-state index is 13.3. The van der Waals surface area contributed by atoms with Gasteiger partial charge in [-0.05, 0) is 48.0 Å². The fourth-order valence-corrected chi connectivity index (χ4v) is 5.06. The molecule has 0 spiro atoms. The summed E-state index contributed by atoms with van der Waals surface area (Å²) in [5.74, 6) is -0.367. The number of thiophene rings is 1. The number of hydrogen-bond donors (Lipinski definition) is 2. The van der Waals surface area contributed by atoms with Gasteiger partial charge in [0.1, 0.15) is 5.75 Å². The van der Waals surface area contributed by atoms with E-state index in [0.717, 1.165) is 16.0 Å². The lowest BCUT2D eigenvalue weighted by Gasteiger charge is -2.18. The van der Waals surface area contributed by atoms with Crippen LogP contribution in [0.3, 0.4) is 0 Å². The van der Waals surface area contributed by atoms with Crippen LogP contribution in [0.4, 0.5) is 5.69 Å². The van der Waals surface area contributed by atoms with Crippen molar-refractivity contribution < 1.29 is 19.1 Å². The van der Waals surface area contributed by atoms with E-state index in [1.807, 2.05) is 6.07 Å². The van der Waals surface area contributed by atoms with Gasteiger partial charge in [-0.3, -0.25) is 14.4 Å². The average molecular weight is 470 g/mol. The number of carbonyl (C=O) groups excluding carboxylic acids is 3. The second-order valence-corrected chi connectivity index (χ2v) is 8.71. The first kappa shape index (κ1) is 21.9. The second-order valence-electron chi connectivity index (χ2n) is 7.25. The molecule has 0 unspecified atom stereocenters. The summed E-state index contributed by atoms with van der Waals surface area (Å²) in [6.45, 7) is 0.461. The molecule has 3 N–H and O–H groups in total. The van der Waals surface area contributed by atoms with Gasteiger partial charge in [-0.1, -0.05) is 11.6 Å². The van der Waals surface area contributed by atoms with Crippen molar-refractivity contribution in [2.24, 2.45) is 5.73 Å². The monoisotopic (exact) mass is 469 g/mol. The third-order valence-corrected chi connectivity index (χ3v) is 6.76. The molecule has 0 radical (unpaired) electrons. The molecule has 0 fully saturated rings.